The van der Waals surface area contributed by atoms with E-state index >= 15 is 0 Å². The van der Waals surface area contributed by atoms with Gasteiger partial charge in [-0.25, -0.2) is 14.8 Å². The Labute approximate surface area is 157 Å². The number of hydrogen-bond acceptors (Lipinski definition) is 6. The molecule has 138 valence electrons. The summed E-state index contributed by atoms with van der Waals surface area (Å²) in [5.41, 5.74) is 1.97. The number of nitrogens with zero attached hydrogens (tertiary/aromatic N) is 4. The van der Waals surface area contributed by atoms with E-state index < -0.39 is 0 Å². The molecule has 0 aliphatic carbocycles. The lowest BCUT2D eigenvalue weighted by Crippen LogP contribution is -2.47. The van der Waals surface area contributed by atoms with Gasteiger partial charge < -0.3 is 19.9 Å². The average Bonchev–Trinajstić information content (AvgIpc) is 3.40. The van der Waals surface area contributed by atoms with Crippen LogP contribution >= 0.6 is 11.3 Å². The summed E-state index contributed by atoms with van der Waals surface area (Å²) < 4.78 is 5.88. The second-order valence-corrected chi connectivity index (χ2v) is 7.35. The summed E-state index contributed by atoms with van der Waals surface area (Å²) in [5.74, 6) is 0.766. The smallest absolute Gasteiger partial charge is 0.317 e. The molecule has 2 aromatic heterocycles. The number of amides is 2. The van der Waals surface area contributed by atoms with E-state index in [1.54, 1.807) is 22.4 Å². The first-order valence-electron chi connectivity index (χ1n) is 9.03. The first kappa shape index (κ1) is 17.2. The second-order valence-electron chi connectivity index (χ2n) is 6.57. The van der Waals surface area contributed by atoms with Crippen LogP contribution in [0.1, 0.15) is 30.2 Å². The van der Waals surface area contributed by atoms with Gasteiger partial charge >= 0.3 is 6.03 Å². The highest BCUT2D eigenvalue weighted by Crippen LogP contribution is 2.23. The van der Waals surface area contributed by atoms with Gasteiger partial charge in [0.2, 0.25) is 5.95 Å². The van der Waals surface area contributed by atoms with Gasteiger partial charge in [0, 0.05) is 32.4 Å². The number of aromatic nitrogens is 2. The fourth-order valence-corrected chi connectivity index (χ4v) is 3.97. The molecule has 0 radical (unpaired) electrons. The minimum atomic E-state index is -0.208. The van der Waals surface area contributed by atoms with Crippen molar-refractivity contribution in [3.63, 3.8) is 0 Å². The molecule has 8 heteroatoms. The maximum atomic E-state index is 12.5. The van der Waals surface area contributed by atoms with Crippen molar-refractivity contribution in [2.24, 2.45) is 0 Å². The van der Waals surface area contributed by atoms with Gasteiger partial charge in [0.15, 0.2) is 0 Å². The van der Waals surface area contributed by atoms with E-state index in [2.05, 4.69) is 15.2 Å². The molecule has 2 saturated heterocycles. The SMILES string of the molecule is O=C(NCc1ccsc1)N1CCOC(c2ccnc(N3CCCC3)n2)C1. The number of urea groups is 1. The number of morpholine rings is 1. The van der Waals surface area contributed by atoms with Crippen molar-refractivity contribution < 1.29 is 9.53 Å². The van der Waals surface area contributed by atoms with Crippen LogP contribution < -0.4 is 10.2 Å². The molecular formula is C18H23N5O2S. The van der Waals surface area contributed by atoms with Gasteiger partial charge in [-0.1, -0.05) is 0 Å². The molecule has 4 heterocycles. The van der Waals surface area contributed by atoms with Crippen LogP contribution in [0, 0.1) is 0 Å². The molecule has 2 fully saturated rings. The molecule has 4 rings (SSSR count). The number of ether oxygens (including phenoxy) is 1. The Hall–Kier alpha value is -2.19. The third kappa shape index (κ3) is 3.96. The van der Waals surface area contributed by atoms with Crippen LogP contribution in [0.5, 0.6) is 0 Å². The number of rotatable bonds is 4. The van der Waals surface area contributed by atoms with Crippen molar-refractivity contribution >= 4 is 23.3 Å². The molecule has 26 heavy (non-hydrogen) atoms. The first-order chi connectivity index (χ1) is 12.8. The van der Waals surface area contributed by atoms with Gasteiger partial charge in [-0.15, -0.1) is 0 Å². The Morgan fingerprint density at radius 3 is 3.00 bits per heavy atom. The van der Waals surface area contributed by atoms with E-state index in [1.165, 1.54) is 12.8 Å². The van der Waals surface area contributed by atoms with Crippen LogP contribution in [0.3, 0.4) is 0 Å². The quantitative estimate of drug-likeness (QED) is 0.891. The van der Waals surface area contributed by atoms with E-state index in [0.717, 1.165) is 30.3 Å². The standard InChI is InChI=1S/C18H23N5O2S/c24-18(20-11-14-4-10-26-13-14)23-8-9-25-16(12-23)15-3-5-19-17(21-15)22-6-1-2-7-22/h3-5,10,13,16H,1-2,6-9,11-12H2,(H,20,24). The predicted molar refractivity (Wildman–Crippen MR) is 100 cm³/mol. The molecule has 1 unspecified atom stereocenters. The Kier molecular flexibility index (Phi) is 5.31. The number of carbonyl (C=O) groups is 1. The summed E-state index contributed by atoms with van der Waals surface area (Å²) in [7, 11) is 0. The Bertz CT molecular complexity index is 733. The third-order valence-corrected chi connectivity index (χ3v) is 5.49. The zero-order chi connectivity index (χ0) is 17.8. The molecule has 2 aromatic rings. The first-order valence-corrected chi connectivity index (χ1v) is 9.97. The van der Waals surface area contributed by atoms with E-state index in [0.29, 0.717) is 26.2 Å². The molecular weight excluding hydrogens is 350 g/mol. The number of nitrogens with one attached hydrogen (secondary N) is 1. The fraction of sp³-hybridized carbons (Fsp3) is 0.500. The maximum Gasteiger partial charge on any atom is 0.317 e. The molecule has 1 atom stereocenters. The van der Waals surface area contributed by atoms with Crippen LogP contribution in [0.2, 0.25) is 0 Å². The topological polar surface area (TPSA) is 70.6 Å². The highest BCUT2D eigenvalue weighted by molar-refractivity contribution is 7.07. The highest BCUT2D eigenvalue weighted by Gasteiger charge is 2.27. The van der Waals surface area contributed by atoms with Gasteiger partial charge in [-0.05, 0) is 41.3 Å². The van der Waals surface area contributed by atoms with Crippen molar-refractivity contribution in [2.75, 3.05) is 37.7 Å². The molecule has 0 saturated carbocycles. The van der Waals surface area contributed by atoms with Gasteiger partial charge in [-0.2, -0.15) is 11.3 Å². The van der Waals surface area contributed by atoms with Crippen LogP contribution in [-0.4, -0.2) is 53.7 Å². The Morgan fingerprint density at radius 1 is 1.31 bits per heavy atom. The van der Waals surface area contributed by atoms with Gasteiger partial charge in [0.05, 0.1) is 18.8 Å². The second kappa shape index (κ2) is 8.01. The lowest BCUT2D eigenvalue weighted by atomic mass is 10.2. The summed E-state index contributed by atoms with van der Waals surface area (Å²) in [6.07, 6.45) is 3.95. The van der Waals surface area contributed by atoms with Gasteiger partial charge in [0.1, 0.15) is 6.10 Å². The molecule has 2 amide bonds. The van der Waals surface area contributed by atoms with Crippen molar-refractivity contribution in [2.45, 2.75) is 25.5 Å². The van der Waals surface area contributed by atoms with Gasteiger partial charge in [-0.3, -0.25) is 0 Å². The molecule has 2 aliphatic heterocycles. The largest absolute Gasteiger partial charge is 0.368 e. The van der Waals surface area contributed by atoms with Crippen molar-refractivity contribution in [1.82, 2.24) is 20.2 Å². The number of anilines is 1. The molecule has 0 bridgehead atoms. The monoisotopic (exact) mass is 373 g/mol. The van der Waals surface area contributed by atoms with Crippen LogP contribution in [0.4, 0.5) is 10.7 Å². The third-order valence-electron chi connectivity index (χ3n) is 4.76. The molecule has 2 aliphatic rings. The number of hydrogen-bond donors (Lipinski definition) is 1. The number of thiophene rings is 1. The lowest BCUT2D eigenvalue weighted by Gasteiger charge is -2.32. The van der Waals surface area contributed by atoms with Crippen LogP contribution in [0.25, 0.3) is 0 Å². The van der Waals surface area contributed by atoms with Crippen molar-refractivity contribution in [3.8, 4) is 0 Å². The zero-order valence-electron chi connectivity index (χ0n) is 14.6. The van der Waals surface area contributed by atoms with E-state index in [1.807, 2.05) is 22.9 Å². The average molecular weight is 373 g/mol. The van der Waals surface area contributed by atoms with Crippen molar-refractivity contribution in [3.05, 3.63) is 40.3 Å². The summed E-state index contributed by atoms with van der Waals surface area (Å²) in [5, 5.41) is 7.04. The summed E-state index contributed by atoms with van der Waals surface area (Å²) in [4.78, 5) is 25.6. The van der Waals surface area contributed by atoms with Crippen LogP contribution in [0.15, 0.2) is 29.1 Å². The number of carbonyl (C=O) groups excluding carboxylic acids is 1. The molecule has 1 N–H and O–H groups in total. The van der Waals surface area contributed by atoms with Crippen LogP contribution in [-0.2, 0) is 11.3 Å². The van der Waals surface area contributed by atoms with E-state index in [-0.39, 0.29) is 12.1 Å². The summed E-state index contributed by atoms with van der Waals surface area (Å²) in [6, 6.07) is 3.85. The lowest BCUT2D eigenvalue weighted by molar-refractivity contribution is -0.0176. The predicted octanol–water partition coefficient (Wildman–Crippen LogP) is 2.42. The summed E-state index contributed by atoms with van der Waals surface area (Å²) >= 11 is 1.63. The van der Waals surface area contributed by atoms with Gasteiger partial charge in [0.25, 0.3) is 0 Å². The minimum Gasteiger partial charge on any atom is -0.368 e. The zero-order valence-corrected chi connectivity index (χ0v) is 15.5. The van der Waals surface area contributed by atoms with Crippen molar-refractivity contribution in [1.29, 1.82) is 0 Å². The fourth-order valence-electron chi connectivity index (χ4n) is 3.31. The maximum absolute atomic E-state index is 12.5. The summed E-state index contributed by atoms with van der Waals surface area (Å²) in [6.45, 7) is 4.18. The molecule has 0 aromatic carbocycles. The molecule has 0 spiro atoms. The van der Waals surface area contributed by atoms with E-state index in [4.69, 9.17) is 9.72 Å². The Balaban J connectivity index is 1.38. The van der Waals surface area contributed by atoms with E-state index in [9.17, 15) is 4.79 Å². The Morgan fingerprint density at radius 2 is 2.19 bits per heavy atom. The minimum absolute atomic E-state index is 0.0571. The highest BCUT2D eigenvalue weighted by atomic mass is 32.1. The normalized spacial score (nSPS) is 20.4. The molecule has 7 nitrogen and oxygen atoms in total.